The maximum atomic E-state index is 12.1. The first-order valence-corrected chi connectivity index (χ1v) is 9.08. The van der Waals surface area contributed by atoms with Gasteiger partial charge in [0.2, 0.25) is 0 Å². The number of hydrogen-bond acceptors (Lipinski definition) is 7. The molecule has 0 spiro atoms. The quantitative estimate of drug-likeness (QED) is 0.600. The van der Waals surface area contributed by atoms with E-state index < -0.39 is 5.97 Å². The second-order valence-electron chi connectivity index (χ2n) is 5.83. The van der Waals surface area contributed by atoms with Crippen molar-refractivity contribution in [2.45, 2.75) is 13.5 Å². The average molecular weight is 430 g/mol. The Morgan fingerprint density at radius 3 is 3.00 bits per heavy atom. The number of benzene rings is 1. The molecular weight excluding hydrogens is 414 g/mol. The van der Waals surface area contributed by atoms with Crippen LogP contribution in [0.5, 0.6) is 5.75 Å². The lowest BCUT2D eigenvalue weighted by Crippen LogP contribution is -2.05. The fourth-order valence-corrected chi connectivity index (χ4v) is 3.59. The van der Waals surface area contributed by atoms with Crippen LogP contribution >= 0.6 is 15.9 Å². The summed E-state index contributed by atoms with van der Waals surface area (Å²) in [5.74, 6) is 0.759. The van der Waals surface area contributed by atoms with E-state index in [4.69, 9.17) is 9.47 Å². The van der Waals surface area contributed by atoms with Crippen molar-refractivity contribution in [2.24, 2.45) is 4.99 Å². The van der Waals surface area contributed by atoms with Crippen LogP contribution in [0.3, 0.4) is 0 Å². The molecule has 3 aromatic rings. The molecule has 0 atom stereocenters. The van der Waals surface area contributed by atoms with Gasteiger partial charge in [-0.1, -0.05) is 0 Å². The fraction of sp³-hybridized carbons (Fsp3) is 0.222. The van der Waals surface area contributed by atoms with Gasteiger partial charge in [-0.3, -0.25) is 4.99 Å². The Morgan fingerprint density at radius 2 is 2.22 bits per heavy atom. The second-order valence-corrected chi connectivity index (χ2v) is 6.62. The summed E-state index contributed by atoms with van der Waals surface area (Å²) in [7, 11) is 1.61. The van der Waals surface area contributed by atoms with Gasteiger partial charge in [-0.05, 0) is 46.1 Å². The van der Waals surface area contributed by atoms with Crippen molar-refractivity contribution in [1.82, 2.24) is 15.0 Å². The lowest BCUT2D eigenvalue weighted by Gasteiger charge is -2.13. The molecule has 1 aliphatic rings. The smallest absolute Gasteiger partial charge is 0.355 e. The van der Waals surface area contributed by atoms with Crippen molar-refractivity contribution in [2.75, 3.05) is 19.0 Å². The molecule has 1 aromatic carbocycles. The highest BCUT2D eigenvalue weighted by Gasteiger charge is 2.22. The summed E-state index contributed by atoms with van der Waals surface area (Å²) in [4.78, 5) is 28.0. The zero-order valence-corrected chi connectivity index (χ0v) is 16.3. The summed E-state index contributed by atoms with van der Waals surface area (Å²) in [6.45, 7) is 2.69. The molecule has 0 saturated heterocycles. The number of aromatic nitrogens is 3. The molecule has 3 heterocycles. The number of carbonyl (C=O) groups excluding carboxylic acids is 1. The number of esters is 1. The van der Waals surface area contributed by atoms with Crippen molar-refractivity contribution < 1.29 is 14.3 Å². The normalized spacial score (nSPS) is 12.3. The zero-order valence-electron chi connectivity index (χ0n) is 14.7. The highest BCUT2D eigenvalue weighted by molar-refractivity contribution is 9.10. The zero-order chi connectivity index (χ0) is 19.0. The van der Waals surface area contributed by atoms with Crippen molar-refractivity contribution in [3.8, 4) is 5.75 Å². The minimum atomic E-state index is -0.459. The maximum absolute atomic E-state index is 12.1. The van der Waals surface area contributed by atoms with Gasteiger partial charge in [0.1, 0.15) is 29.2 Å². The predicted molar refractivity (Wildman–Crippen MR) is 105 cm³/mol. The van der Waals surface area contributed by atoms with Crippen LogP contribution < -0.4 is 10.1 Å². The largest absolute Gasteiger partial charge is 0.495 e. The van der Waals surface area contributed by atoms with Gasteiger partial charge in [0, 0.05) is 6.21 Å². The number of hydrogen-bond donors (Lipinski definition) is 2. The number of nitrogens with one attached hydrogen (secondary N) is 2. The van der Waals surface area contributed by atoms with E-state index in [1.54, 1.807) is 14.0 Å². The topological polar surface area (TPSA) is 101 Å². The number of aliphatic imine (C=N–C) groups is 1. The van der Waals surface area contributed by atoms with Gasteiger partial charge in [0.05, 0.1) is 35.8 Å². The van der Waals surface area contributed by atoms with Crippen LogP contribution in [0.2, 0.25) is 0 Å². The molecule has 4 rings (SSSR count). The van der Waals surface area contributed by atoms with E-state index in [0.29, 0.717) is 39.3 Å². The van der Waals surface area contributed by atoms with Gasteiger partial charge in [-0.2, -0.15) is 0 Å². The minimum absolute atomic E-state index is 0.283. The highest BCUT2D eigenvalue weighted by atomic mass is 79.9. The number of anilines is 2. The molecule has 27 heavy (non-hydrogen) atoms. The Morgan fingerprint density at radius 1 is 1.37 bits per heavy atom. The van der Waals surface area contributed by atoms with Crippen molar-refractivity contribution in [3.05, 3.63) is 39.8 Å². The van der Waals surface area contributed by atoms with Crippen molar-refractivity contribution >= 4 is 50.7 Å². The molecule has 0 radical (unpaired) electrons. The van der Waals surface area contributed by atoms with Crippen LogP contribution in [-0.2, 0) is 11.3 Å². The number of halogens is 1. The van der Waals surface area contributed by atoms with Gasteiger partial charge >= 0.3 is 5.97 Å². The van der Waals surface area contributed by atoms with Gasteiger partial charge in [0.15, 0.2) is 0 Å². The highest BCUT2D eigenvalue weighted by Crippen LogP contribution is 2.36. The molecule has 138 valence electrons. The number of ether oxygens (including phenoxy) is 2. The molecule has 2 aromatic heterocycles. The lowest BCUT2D eigenvalue weighted by molar-refractivity contribution is 0.0519. The van der Waals surface area contributed by atoms with E-state index in [-0.39, 0.29) is 6.61 Å². The molecule has 9 heteroatoms. The van der Waals surface area contributed by atoms with Crippen LogP contribution in [0.15, 0.2) is 27.9 Å². The van der Waals surface area contributed by atoms with E-state index in [0.717, 1.165) is 16.8 Å². The third-order valence-corrected chi connectivity index (χ3v) is 5.01. The Hall–Kier alpha value is -2.94. The monoisotopic (exact) mass is 429 g/mol. The second kappa shape index (κ2) is 6.99. The number of rotatable bonds is 5. The van der Waals surface area contributed by atoms with Crippen molar-refractivity contribution in [3.63, 3.8) is 0 Å². The Bertz CT molecular complexity index is 1080. The third-order valence-electron chi connectivity index (χ3n) is 4.22. The molecule has 0 bridgehead atoms. The summed E-state index contributed by atoms with van der Waals surface area (Å²) >= 11 is 3.47. The Labute approximate surface area is 163 Å². The third kappa shape index (κ3) is 3.03. The van der Waals surface area contributed by atoms with Crippen LogP contribution in [0.4, 0.5) is 11.5 Å². The summed E-state index contributed by atoms with van der Waals surface area (Å²) in [5.41, 5.74) is 3.70. The fourth-order valence-electron chi connectivity index (χ4n) is 2.96. The minimum Gasteiger partial charge on any atom is -0.495 e. The number of fused-ring (bicyclic) bond motifs is 2. The molecule has 2 N–H and O–H groups in total. The van der Waals surface area contributed by atoms with Crippen LogP contribution in [0.1, 0.15) is 28.5 Å². The average Bonchev–Trinajstić information content (AvgIpc) is 3.25. The Kier molecular flexibility index (Phi) is 4.53. The predicted octanol–water partition coefficient (Wildman–Crippen LogP) is 3.58. The van der Waals surface area contributed by atoms with Crippen LogP contribution in [0.25, 0.3) is 11.0 Å². The first kappa shape index (κ1) is 17.5. The molecule has 0 saturated carbocycles. The summed E-state index contributed by atoms with van der Waals surface area (Å²) in [5, 5.41) is 3.93. The summed E-state index contributed by atoms with van der Waals surface area (Å²) in [6, 6.07) is 3.92. The van der Waals surface area contributed by atoms with Gasteiger partial charge in [-0.15, -0.1) is 0 Å². The maximum Gasteiger partial charge on any atom is 0.355 e. The molecule has 8 nitrogen and oxygen atoms in total. The van der Waals surface area contributed by atoms with E-state index in [2.05, 4.69) is 41.2 Å². The first-order chi connectivity index (χ1) is 13.1. The standard InChI is InChI=1S/C18H16BrN5O3/c1-3-27-18(25)15-14(19)13-16(21-8-22-17(13)24-15)23-11-4-9-6-20-7-10(9)5-12(11)26-2/h4-6,8H,3,7H2,1-2H3,(H2,21,22,23,24). The van der Waals surface area contributed by atoms with Crippen LogP contribution in [0, 0.1) is 0 Å². The van der Waals surface area contributed by atoms with E-state index in [1.165, 1.54) is 6.33 Å². The van der Waals surface area contributed by atoms with Gasteiger partial charge < -0.3 is 19.8 Å². The number of carbonyl (C=O) groups is 1. The summed E-state index contributed by atoms with van der Waals surface area (Å²) in [6.07, 6.45) is 3.25. The molecule has 1 aliphatic heterocycles. The van der Waals surface area contributed by atoms with Gasteiger partial charge in [0.25, 0.3) is 0 Å². The van der Waals surface area contributed by atoms with E-state index in [1.807, 2.05) is 18.3 Å². The molecular formula is C18H16BrN5O3. The number of nitrogens with zero attached hydrogens (tertiary/aromatic N) is 3. The molecule has 0 aliphatic carbocycles. The number of methoxy groups -OCH3 is 1. The molecule has 0 fully saturated rings. The SMILES string of the molecule is CCOC(=O)c1[nH]c2ncnc(Nc3cc4c(cc3OC)CN=C4)c2c1Br. The van der Waals surface area contributed by atoms with E-state index in [9.17, 15) is 4.79 Å². The van der Waals surface area contributed by atoms with Crippen molar-refractivity contribution in [1.29, 1.82) is 0 Å². The first-order valence-electron chi connectivity index (χ1n) is 8.29. The number of H-pyrrole nitrogens is 1. The molecule has 0 unspecified atom stereocenters. The summed E-state index contributed by atoms with van der Waals surface area (Å²) < 4.78 is 11.1. The Balaban J connectivity index is 1.79. The van der Waals surface area contributed by atoms with Gasteiger partial charge in [-0.25, -0.2) is 14.8 Å². The van der Waals surface area contributed by atoms with Crippen LogP contribution in [-0.4, -0.2) is 40.9 Å². The number of aromatic amines is 1. The molecule has 0 amide bonds. The van der Waals surface area contributed by atoms with E-state index >= 15 is 0 Å². The lowest BCUT2D eigenvalue weighted by atomic mass is 10.1.